The molecule has 1 rings (SSSR count). The van der Waals surface area contributed by atoms with Crippen molar-refractivity contribution in [3.63, 3.8) is 0 Å². The van der Waals surface area contributed by atoms with Crippen LogP contribution in [0, 0.1) is 0 Å². The maximum atomic E-state index is 12.1. The van der Waals surface area contributed by atoms with Crippen LogP contribution in [-0.2, 0) is 6.18 Å². The van der Waals surface area contributed by atoms with Gasteiger partial charge in [0.1, 0.15) is 10.8 Å². The van der Waals surface area contributed by atoms with Crippen molar-refractivity contribution in [3.8, 4) is 0 Å². The Labute approximate surface area is 83.9 Å². The van der Waals surface area contributed by atoms with Gasteiger partial charge in [0.2, 0.25) is 0 Å². The lowest BCUT2D eigenvalue weighted by molar-refractivity contribution is -0.141. The normalized spacial score (nSPS) is 14.1. The van der Waals surface area contributed by atoms with Crippen molar-refractivity contribution in [2.45, 2.75) is 19.1 Å². The zero-order chi connectivity index (χ0) is 10.9. The first kappa shape index (κ1) is 11.3. The maximum absolute atomic E-state index is 12.1. The van der Waals surface area contributed by atoms with E-state index in [4.69, 9.17) is 17.3 Å². The number of hydrogen-bond donors (Lipinski definition) is 1. The van der Waals surface area contributed by atoms with E-state index in [1.165, 1.54) is 6.07 Å². The van der Waals surface area contributed by atoms with Crippen LogP contribution in [0.25, 0.3) is 0 Å². The second kappa shape index (κ2) is 3.74. The summed E-state index contributed by atoms with van der Waals surface area (Å²) in [5.41, 5.74) is 4.86. The van der Waals surface area contributed by atoms with Gasteiger partial charge in [0.25, 0.3) is 0 Å². The SMILES string of the molecule is C[C@H](N)c1ccc(C(F)(F)F)nc1Cl. The first-order valence-corrected chi connectivity index (χ1v) is 4.19. The standard InChI is InChI=1S/C8H8ClF3N2/c1-4(13)5-2-3-6(8(10,11)12)14-7(5)9/h2-4H,13H2,1H3/t4-/m0/s1. The van der Waals surface area contributed by atoms with Crippen LogP contribution in [0.2, 0.25) is 5.15 Å². The van der Waals surface area contributed by atoms with E-state index in [-0.39, 0.29) is 5.15 Å². The Morgan fingerprint density at radius 1 is 1.43 bits per heavy atom. The summed E-state index contributed by atoms with van der Waals surface area (Å²) in [5.74, 6) is 0. The van der Waals surface area contributed by atoms with Crippen LogP contribution in [0.5, 0.6) is 0 Å². The Hall–Kier alpha value is -0.810. The lowest BCUT2D eigenvalue weighted by Gasteiger charge is -2.10. The van der Waals surface area contributed by atoms with Crippen LogP contribution >= 0.6 is 11.6 Å². The van der Waals surface area contributed by atoms with Crippen LogP contribution in [0.1, 0.15) is 24.2 Å². The quantitative estimate of drug-likeness (QED) is 0.745. The number of rotatable bonds is 1. The number of nitrogens with two attached hydrogens (primary N) is 1. The summed E-state index contributed by atoms with van der Waals surface area (Å²) in [5, 5.41) is -0.199. The number of alkyl halides is 3. The highest BCUT2D eigenvalue weighted by Crippen LogP contribution is 2.30. The summed E-state index contributed by atoms with van der Waals surface area (Å²) in [6, 6.07) is 1.67. The first-order chi connectivity index (χ1) is 6.32. The summed E-state index contributed by atoms with van der Waals surface area (Å²) in [4.78, 5) is 3.23. The summed E-state index contributed by atoms with van der Waals surface area (Å²) in [6.45, 7) is 1.62. The predicted molar refractivity (Wildman–Crippen MR) is 46.9 cm³/mol. The molecule has 0 aliphatic rings. The third kappa shape index (κ3) is 2.36. The van der Waals surface area contributed by atoms with Crippen molar-refractivity contribution in [2.24, 2.45) is 5.73 Å². The second-order valence-corrected chi connectivity index (χ2v) is 3.22. The van der Waals surface area contributed by atoms with E-state index in [0.29, 0.717) is 5.56 Å². The van der Waals surface area contributed by atoms with Gasteiger partial charge < -0.3 is 5.73 Å². The zero-order valence-electron chi connectivity index (χ0n) is 7.27. The van der Waals surface area contributed by atoms with Gasteiger partial charge in [-0.2, -0.15) is 13.2 Å². The topological polar surface area (TPSA) is 38.9 Å². The zero-order valence-corrected chi connectivity index (χ0v) is 8.02. The molecule has 0 unspecified atom stereocenters. The van der Waals surface area contributed by atoms with Crippen molar-refractivity contribution in [1.82, 2.24) is 4.98 Å². The smallest absolute Gasteiger partial charge is 0.324 e. The molecule has 0 radical (unpaired) electrons. The summed E-state index contributed by atoms with van der Waals surface area (Å²) in [6.07, 6.45) is -4.47. The van der Waals surface area contributed by atoms with E-state index in [9.17, 15) is 13.2 Å². The van der Waals surface area contributed by atoms with Gasteiger partial charge in [-0.05, 0) is 13.0 Å². The molecule has 2 N–H and O–H groups in total. The number of nitrogens with zero attached hydrogens (tertiary/aromatic N) is 1. The highest BCUT2D eigenvalue weighted by atomic mass is 35.5. The molecular formula is C8H8ClF3N2. The summed E-state index contributed by atoms with van der Waals surface area (Å²) >= 11 is 5.54. The third-order valence-electron chi connectivity index (χ3n) is 1.66. The molecule has 0 saturated heterocycles. The minimum absolute atomic E-state index is 0.199. The molecule has 0 aromatic carbocycles. The molecule has 0 aliphatic heterocycles. The summed E-state index contributed by atoms with van der Waals surface area (Å²) < 4.78 is 36.4. The highest BCUT2D eigenvalue weighted by molar-refractivity contribution is 6.30. The molecule has 1 aromatic rings. The minimum atomic E-state index is -4.47. The van der Waals surface area contributed by atoms with Crippen LogP contribution < -0.4 is 5.73 Å². The number of hydrogen-bond acceptors (Lipinski definition) is 2. The number of pyridine rings is 1. The Morgan fingerprint density at radius 3 is 2.36 bits per heavy atom. The fraction of sp³-hybridized carbons (Fsp3) is 0.375. The van der Waals surface area contributed by atoms with Crippen LogP contribution in [0.4, 0.5) is 13.2 Å². The van der Waals surface area contributed by atoms with Crippen LogP contribution in [0.15, 0.2) is 12.1 Å². The molecule has 78 valence electrons. The van der Waals surface area contributed by atoms with Crippen molar-refractivity contribution < 1.29 is 13.2 Å². The fourth-order valence-electron chi connectivity index (χ4n) is 0.943. The van der Waals surface area contributed by atoms with E-state index in [0.717, 1.165) is 6.07 Å². The molecule has 1 heterocycles. The van der Waals surface area contributed by atoms with Crippen LogP contribution in [0.3, 0.4) is 0 Å². The van der Waals surface area contributed by atoms with Gasteiger partial charge in [-0.15, -0.1) is 0 Å². The fourth-order valence-corrected chi connectivity index (χ4v) is 1.27. The molecule has 0 spiro atoms. The molecule has 0 bridgehead atoms. The molecule has 6 heteroatoms. The molecule has 1 aromatic heterocycles. The lowest BCUT2D eigenvalue weighted by Crippen LogP contribution is -2.11. The Morgan fingerprint density at radius 2 is 2.00 bits per heavy atom. The molecule has 14 heavy (non-hydrogen) atoms. The third-order valence-corrected chi connectivity index (χ3v) is 1.96. The van der Waals surface area contributed by atoms with Crippen molar-refractivity contribution in [1.29, 1.82) is 0 Å². The predicted octanol–water partition coefficient (Wildman–Crippen LogP) is 2.77. The van der Waals surface area contributed by atoms with E-state index >= 15 is 0 Å². The molecule has 0 fully saturated rings. The van der Waals surface area contributed by atoms with E-state index in [2.05, 4.69) is 4.98 Å². The van der Waals surface area contributed by atoms with Gasteiger partial charge in [-0.25, -0.2) is 4.98 Å². The van der Waals surface area contributed by atoms with Gasteiger partial charge in [-0.1, -0.05) is 17.7 Å². The molecule has 2 nitrogen and oxygen atoms in total. The summed E-state index contributed by atoms with van der Waals surface area (Å²) in [7, 11) is 0. The van der Waals surface area contributed by atoms with Crippen molar-refractivity contribution in [2.75, 3.05) is 0 Å². The Balaban J connectivity index is 3.13. The average molecular weight is 225 g/mol. The van der Waals surface area contributed by atoms with E-state index in [1.54, 1.807) is 6.92 Å². The molecule has 0 saturated carbocycles. The maximum Gasteiger partial charge on any atom is 0.433 e. The molecule has 1 atom stereocenters. The first-order valence-electron chi connectivity index (χ1n) is 3.81. The Bertz CT molecular complexity index is 336. The van der Waals surface area contributed by atoms with Crippen molar-refractivity contribution in [3.05, 3.63) is 28.5 Å². The molecular weight excluding hydrogens is 217 g/mol. The average Bonchev–Trinajstić information content (AvgIpc) is 2.01. The second-order valence-electron chi connectivity index (χ2n) is 2.86. The largest absolute Gasteiger partial charge is 0.433 e. The van der Waals surface area contributed by atoms with Gasteiger partial charge in [0.15, 0.2) is 0 Å². The Kier molecular flexibility index (Phi) is 3.01. The molecule has 0 amide bonds. The highest BCUT2D eigenvalue weighted by Gasteiger charge is 2.33. The lowest BCUT2D eigenvalue weighted by atomic mass is 10.1. The monoisotopic (exact) mass is 224 g/mol. The number of halogens is 4. The van der Waals surface area contributed by atoms with Crippen molar-refractivity contribution >= 4 is 11.6 Å². The molecule has 0 aliphatic carbocycles. The minimum Gasteiger partial charge on any atom is -0.324 e. The van der Waals surface area contributed by atoms with Crippen LogP contribution in [-0.4, -0.2) is 4.98 Å². The van der Waals surface area contributed by atoms with E-state index in [1.807, 2.05) is 0 Å². The van der Waals surface area contributed by atoms with Gasteiger partial charge in [-0.3, -0.25) is 0 Å². The van der Waals surface area contributed by atoms with E-state index < -0.39 is 17.9 Å². The van der Waals surface area contributed by atoms with Gasteiger partial charge >= 0.3 is 6.18 Å². The number of aromatic nitrogens is 1. The van der Waals surface area contributed by atoms with Gasteiger partial charge in [0, 0.05) is 11.6 Å². The van der Waals surface area contributed by atoms with Gasteiger partial charge in [0.05, 0.1) is 0 Å².